The highest BCUT2D eigenvalue weighted by Crippen LogP contribution is 2.07. The molecule has 0 heterocycles. The number of hydrogen-bond acceptors (Lipinski definition) is 1. The molecule has 0 radical (unpaired) electrons. The number of nitrogens with one attached hydrogen (secondary N) is 1. The van der Waals surface area contributed by atoms with Crippen LogP contribution in [-0.2, 0) is 0 Å². The quantitative estimate of drug-likeness (QED) is 0.587. The molecular weight excluding hydrogens is 122 g/mol. The third kappa shape index (κ3) is 3.13. The normalized spacial score (nSPS) is 11.3. The topological polar surface area (TPSA) is 12.0 Å². The minimum Gasteiger partial charge on any atom is -0.368 e. The Morgan fingerprint density at radius 2 is 2.00 bits per heavy atom. The Kier molecular flexibility index (Phi) is 4.38. The standard InChI is InChI=1S/C9H15N/c1-5-9(8(3)4)7-10-6-2/h5-8,10H,1-2H2,3-4H3/b9-7+. The molecule has 0 rings (SSSR count). The van der Waals surface area contributed by atoms with Gasteiger partial charge < -0.3 is 5.32 Å². The fourth-order valence-electron chi connectivity index (χ4n) is 0.616. The molecule has 0 spiro atoms. The third-order valence-electron chi connectivity index (χ3n) is 1.27. The Balaban J connectivity index is 4.03. The van der Waals surface area contributed by atoms with Crippen molar-refractivity contribution < 1.29 is 0 Å². The van der Waals surface area contributed by atoms with E-state index in [-0.39, 0.29) is 0 Å². The fraction of sp³-hybridized carbons (Fsp3) is 0.333. The number of hydrogen-bond donors (Lipinski definition) is 1. The van der Waals surface area contributed by atoms with Gasteiger partial charge in [0.15, 0.2) is 0 Å². The summed E-state index contributed by atoms with van der Waals surface area (Å²) < 4.78 is 0. The van der Waals surface area contributed by atoms with Crippen LogP contribution >= 0.6 is 0 Å². The predicted molar refractivity (Wildman–Crippen MR) is 46.5 cm³/mol. The summed E-state index contributed by atoms with van der Waals surface area (Å²) in [5, 5.41) is 2.91. The molecule has 0 aliphatic carbocycles. The number of rotatable bonds is 4. The number of allylic oxidation sites excluding steroid dienone is 2. The van der Waals surface area contributed by atoms with Crippen LogP contribution in [0, 0.1) is 5.92 Å². The van der Waals surface area contributed by atoms with Crippen molar-refractivity contribution in [3.05, 3.63) is 37.2 Å². The molecule has 0 aromatic heterocycles. The Labute approximate surface area is 63.1 Å². The van der Waals surface area contributed by atoms with Crippen LogP contribution in [0.15, 0.2) is 37.2 Å². The molecule has 0 bridgehead atoms. The average Bonchev–Trinajstić information content (AvgIpc) is 1.89. The van der Waals surface area contributed by atoms with Crippen LogP contribution in [0.2, 0.25) is 0 Å². The Morgan fingerprint density at radius 1 is 1.40 bits per heavy atom. The summed E-state index contributed by atoms with van der Waals surface area (Å²) in [6.45, 7) is 11.5. The highest BCUT2D eigenvalue weighted by atomic mass is 14.8. The van der Waals surface area contributed by atoms with E-state index in [1.165, 1.54) is 5.57 Å². The van der Waals surface area contributed by atoms with Crippen molar-refractivity contribution in [2.45, 2.75) is 13.8 Å². The minimum absolute atomic E-state index is 0.518. The molecule has 0 saturated heterocycles. The maximum atomic E-state index is 3.69. The molecule has 0 aliphatic heterocycles. The second kappa shape index (κ2) is 4.86. The van der Waals surface area contributed by atoms with Crippen molar-refractivity contribution in [1.82, 2.24) is 5.32 Å². The summed E-state index contributed by atoms with van der Waals surface area (Å²) >= 11 is 0. The van der Waals surface area contributed by atoms with E-state index in [4.69, 9.17) is 0 Å². The largest absolute Gasteiger partial charge is 0.368 e. The molecule has 0 aromatic rings. The molecular formula is C9H15N. The first-order chi connectivity index (χ1) is 4.72. The van der Waals surface area contributed by atoms with Crippen LogP contribution < -0.4 is 5.32 Å². The Hall–Kier alpha value is -0.980. The van der Waals surface area contributed by atoms with Gasteiger partial charge >= 0.3 is 0 Å². The molecule has 0 aliphatic rings. The van der Waals surface area contributed by atoms with E-state index in [1.54, 1.807) is 6.20 Å². The highest BCUT2D eigenvalue weighted by molar-refractivity contribution is 5.17. The first kappa shape index (κ1) is 9.02. The summed E-state index contributed by atoms with van der Waals surface area (Å²) in [5.74, 6) is 0.518. The van der Waals surface area contributed by atoms with Gasteiger partial charge in [-0.25, -0.2) is 0 Å². The predicted octanol–water partition coefficient (Wildman–Crippen LogP) is 2.45. The van der Waals surface area contributed by atoms with Gasteiger partial charge in [0.1, 0.15) is 0 Å². The van der Waals surface area contributed by atoms with Gasteiger partial charge in [0.2, 0.25) is 0 Å². The van der Waals surface area contributed by atoms with Crippen molar-refractivity contribution in [3.63, 3.8) is 0 Å². The van der Waals surface area contributed by atoms with Gasteiger partial charge in [-0.3, -0.25) is 0 Å². The van der Waals surface area contributed by atoms with E-state index in [2.05, 4.69) is 32.3 Å². The Morgan fingerprint density at radius 3 is 2.30 bits per heavy atom. The maximum Gasteiger partial charge on any atom is 0.00389 e. The van der Waals surface area contributed by atoms with Crippen LogP contribution in [0.5, 0.6) is 0 Å². The molecule has 1 heteroatoms. The zero-order chi connectivity index (χ0) is 7.98. The monoisotopic (exact) mass is 137 g/mol. The van der Waals surface area contributed by atoms with Gasteiger partial charge in [-0.1, -0.05) is 33.1 Å². The van der Waals surface area contributed by atoms with Gasteiger partial charge in [0, 0.05) is 6.20 Å². The summed E-state index contributed by atoms with van der Waals surface area (Å²) in [6.07, 6.45) is 5.40. The van der Waals surface area contributed by atoms with Crippen molar-refractivity contribution in [3.8, 4) is 0 Å². The fourth-order valence-corrected chi connectivity index (χ4v) is 0.616. The molecule has 0 saturated carbocycles. The molecule has 1 nitrogen and oxygen atoms in total. The maximum absolute atomic E-state index is 3.69. The molecule has 0 fully saturated rings. The second-order valence-corrected chi connectivity index (χ2v) is 2.37. The van der Waals surface area contributed by atoms with Gasteiger partial charge in [-0.05, 0) is 17.7 Å². The molecule has 0 amide bonds. The van der Waals surface area contributed by atoms with Crippen LogP contribution in [0.4, 0.5) is 0 Å². The average molecular weight is 137 g/mol. The molecule has 0 atom stereocenters. The third-order valence-corrected chi connectivity index (χ3v) is 1.27. The van der Waals surface area contributed by atoms with E-state index >= 15 is 0 Å². The van der Waals surface area contributed by atoms with E-state index in [0.717, 1.165) is 0 Å². The van der Waals surface area contributed by atoms with Crippen molar-refractivity contribution in [2.24, 2.45) is 5.92 Å². The summed E-state index contributed by atoms with van der Waals surface area (Å²) in [4.78, 5) is 0. The minimum atomic E-state index is 0.518. The van der Waals surface area contributed by atoms with Crippen molar-refractivity contribution >= 4 is 0 Å². The Bertz CT molecular complexity index is 143. The van der Waals surface area contributed by atoms with Crippen LogP contribution in [0.1, 0.15) is 13.8 Å². The SMILES string of the molecule is C=CN/C=C(\C=C)C(C)C. The zero-order valence-electron chi connectivity index (χ0n) is 6.72. The van der Waals surface area contributed by atoms with Gasteiger partial charge in [0.05, 0.1) is 0 Å². The lowest BCUT2D eigenvalue weighted by Crippen LogP contribution is -1.98. The van der Waals surface area contributed by atoms with Crippen molar-refractivity contribution in [2.75, 3.05) is 0 Å². The lowest BCUT2D eigenvalue weighted by atomic mass is 10.1. The first-order valence-corrected chi connectivity index (χ1v) is 3.41. The van der Waals surface area contributed by atoms with E-state index < -0.39 is 0 Å². The van der Waals surface area contributed by atoms with E-state index in [9.17, 15) is 0 Å². The van der Waals surface area contributed by atoms with Gasteiger partial charge in [-0.15, -0.1) is 0 Å². The van der Waals surface area contributed by atoms with E-state index in [1.807, 2.05) is 12.3 Å². The van der Waals surface area contributed by atoms with E-state index in [0.29, 0.717) is 5.92 Å². The smallest absolute Gasteiger partial charge is 0.00389 e. The molecule has 0 aromatic carbocycles. The highest BCUT2D eigenvalue weighted by Gasteiger charge is 1.95. The molecule has 0 unspecified atom stereocenters. The first-order valence-electron chi connectivity index (χ1n) is 3.41. The van der Waals surface area contributed by atoms with Crippen LogP contribution in [-0.4, -0.2) is 0 Å². The summed E-state index contributed by atoms with van der Waals surface area (Å²) in [7, 11) is 0. The van der Waals surface area contributed by atoms with Crippen LogP contribution in [0.25, 0.3) is 0 Å². The zero-order valence-corrected chi connectivity index (χ0v) is 6.72. The molecule has 56 valence electrons. The van der Waals surface area contributed by atoms with Crippen molar-refractivity contribution in [1.29, 1.82) is 0 Å². The summed E-state index contributed by atoms with van der Waals surface area (Å²) in [6, 6.07) is 0. The molecule has 10 heavy (non-hydrogen) atoms. The van der Waals surface area contributed by atoms with Crippen LogP contribution in [0.3, 0.4) is 0 Å². The summed E-state index contributed by atoms with van der Waals surface area (Å²) in [5.41, 5.74) is 1.19. The molecule has 1 N–H and O–H groups in total. The van der Waals surface area contributed by atoms with Gasteiger partial charge in [0.25, 0.3) is 0 Å². The second-order valence-electron chi connectivity index (χ2n) is 2.37. The lowest BCUT2D eigenvalue weighted by Gasteiger charge is -2.04. The van der Waals surface area contributed by atoms with Gasteiger partial charge in [-0.2, -0.15) is 0 Å². The lowest BCUT2D eigenvalue weighted by molar-refractivity contribution is 0.783.